The Morgan fingerprint density at radius 1 is 1.50 bits per heavy atom. The van der Waals surface area contributed by atoms with Gasteiger partial charge in [0.2, 0.25) is 5.95 Å². The van der Waals surface area contributed by atoms with Crippen LogP contribution in [0.1, 0.15) is 12.8 Å². The molecule has 96 valence electrons. The fourth-order valence-electron chi connectivity index (χ4n) is 2.52. The fourth-order valence-corrected chi connectivity index (χ4v) is 2.69. The summed E-state index contributed by atoms with van der Waals surface area (Å²) >= 11 is 5.96. The van der Waals surface area contributed by atoms with Crippen LogP contribution in [0.2, 0.25) is 5.02 Å². The maximum atomic E-state index is 5.99. The number of fused-ring (bicyclic) bond motifs is 1. The van der Waals surface area contributed by atoms with E-state index in [0.29, 0.717) is 16.9 Å². The molecule has 1 saturated heterocycles. The number of ether oxygens (including phenoxy) is 1. The summed E-state index contributed by atoms with van der Waals surface area (Å²) in [6.07, 6.45) is 2.32. The number of nitrogens with zero attached hydrogens (tertiary/aromatic N) is 2. The van der Waals surface area contributed by atoms with E-state index in [2.05, 4.69) is 9.55 Å². The second kappa shape index (κ2) is 4.78. The lowest BCUT2D eigenvalue weighted by Gasteiger charge is -2.23. The third-order valence-corrected chi connectivity index (χ3v) is 3.67. The predicted molar refractivity (Wildman–Crippen MR) is 72.7 cm³/mol. The highest BCUT2D eigenvalue weighted by Crippen LogP contribution is 2.24. The Bertz CT molecular complexity index is 561. The van der Waals surface area contributed by atoms with Crippen LogP contribution in [-0.4, -0.2) is 22.8 Å². The highest BCUT2D eigenvalue weighted by Gasteiger charge is 2.17. The Hall–Kier alpha value is -1.26. The van der Waals surface area contributed by atoms with Gasteiger partial charge in [-0.05, 0) is 31.0 Å². The molecule has 0 aliphatic carbocycles. The highest BCUT2D eigenvalue weighted by atomic mass is 35.5. The summed E-state index contributed by atoms with van der Waals surface area (Å²) in [6.45, 7) is 2.56. The van der Waals surface area contributed by atoms with Crippen LogP contribution in [0, 0.1) is 5.92 Å². The van der Waals surface area contributed by atoms with Crippen molar-refractivity contribution in [1.82, 2.24) is 9.55 Å². The Morgan fingerprint density at radius 2 is 2.39 bits per heavy atom. The second-order valence-corrected chi connectivity index (χ2v) is 5.23. The molecule has 2 N–H and O–H groups in total. The Balaban J connectivity index is 1.92. The van der Waals surface area contributed by atoms with Gasteiger partial charge in [-0.1, -0.05) is 11.6 Å². The highest BCUT2D eigenvalue weighted by molar-refractivity contribution is 6.31. The van der Waals surface area contributed by atoms with Crippen molar-refractivity contribution < 1.29 is 4.74 Å². The minimum atomic E-state index is 0.522. The van der Waals surface area contributed by atoms with Crippen molar-refractivity contribution in [3.63, 3.8) is 0 Å². The van der Waals surface area contributed by atoms with Crippen LogP contribution in [0.15, 0.2) is 18.2 Å². The molecule has 4 nitrogen and oxygen atoms in total. The molecule has 1 aliphatic rings. The molecule has 0 spiro atoms. The normalized spacial score (nSPS) is 20.4. The van der Waals surface area contributed by atoms with Gasteiger partial charge in [0.25, 0.3) is 0 Å². The molecule has 2 heterocycles. The summed E-state index contributed by atoms with van der Waals surface area (Å²) in [5, 5.41) is 0.688. The molecule has 2 aromatic rings. The summed E-state index contributed by atoms with van der Waals surface area (Å²) < 4.78 is 7.57. The van der Waals surface area contributed by atoms with E-state index in [1.807, 2.05) is 18.2 Å². The predicted octanol–water partition coefficient (Wildman–Crippen LogP) is 2.70. The third kappa shape index (κ3) is 2.18. The molecule has 1 unspecified atom stereocenters. The molecule has 18 heavy (non-hydrogen) atoms. The van der Waals surface area contributed by atoms with Gasteiger partial charge in [0.05, 0.1) is 17.6 Å². The van der Waals surface area contributed by atoms with Gasteiger partial charge in [-0.15, -0.1) is 0 Å². The smallest absolute Gasteiger partial charge is 0.201 e. The van der Waals surface area contributed by atoms with E-state index in [1.165, 1.54) is 6.42 Å². The fraction of sp³-hybridized carbons (Fsp3) is 0.462. The van der Waals surface area contributed by atoms with Crippen LogP contribution in [0.3, 0.4) is 0 Å². The zero-order valence-corrected chi connectivity index (χ0v) is 10.9. The van der Waals surface area contributed by atoms with E-state index in [4.69, 9.17) is 22.1 Å². The summed E-state index contributed by atoms with van der Waals surface area (Å²) in [5.74, 6) is 1.08. The average Bonchev–Trinajstić information content (AvgIpc) is 2.66. The molecular formula is C13H16ClN3O. The Morgan fingerprint density at radius 3 is 3.17 bits per heavy atom. The van der Waals surface area contributed by atoms with Gasteiger partial charge in [0.15, 0.2) is 0 Å². The molecule has 3 rings (SSSR count). The number of halogens is 1. The van der Waals surface area contributed by atoms with E-state index < -0.39 is 0 Å². The van der Waals surface area contributed by atoms with Crippen molar-refractivity contribution in [3.8, 4) is 0 Å². The number of imidazole rings is 1. The maximum Gasteiger partial charge on any atom is 0.201 e. The van der Waals surface area contributed by atoms with Crippen molar-refractivity contribution in [2.24, 2.45) is 5.92 Å². The lowest BCUT2D eigenvalue weighted by molar-refractivity contribution is 0.0490. The molecule has 0 bridgehead atoms. The molecule has 1 fully saturated rings. The lowest BCUT2D eigenvalue weighted by Crippen LogP contribution is -2.22. The number of aromatic nitrogens is 2. The zero-order valence-electron chi connectivity index (χ0n) is 10.1. The molecule has 0 saturated carbocycles. The van der Waals surface area contributed by atoms with Gasteiger partial charge in [0, 0.05) is 24.1 Å². The molecule has 1 aromatic carbocycles. The summed E-state index contributed by atoms with van der Waals surface area (Å²) in [6, 6.07) is 5.70. The van der Waals surface area contributed by atoms with E-state index in [1.54, 1.807) is 0 Å². The van der Waals surface area contributed by atoms with E-state index >= 15 is 0 Å². The van der Waals surface area contributed by atoms with E-state index in [0.717, 1.165) is 37.2 Å². The standard InChI is InChI=1S/C13H16ClN3O/c14-10-3-4-12-11(6-10)16-13(15)17(12)7-9-2-1-5-18-8-9/h3-4,6,9H,1-2,5,7-8H2,(H2,15,16). The number of hydrogen-bond donors (Lipinski definition) is 1. The van der Waals surface area contributed by atoms with Gasteiger partial charge < -0.3 is 15.0 Å². The minimum absolute atomic E-state index is 0.522. The van der Waals surface area contributed by atoms with Crippen LogP contribution in [0.5, 0.6) is 0 Å². The second-order valence-electron chi connectivity index (χ2n) is 4.80. The number of hydrogen-bond acceptors (Lipinski definition) is 3. The number of nitrogens with two attached hydrogens (primary N) is 1. The van der Waals surface area contributed by atoms with Crippen molar-refractivity contribution in [3.05, 3.63) is 23.2 Å². The van der Waals surface area contributed by atoms with E-state index in [9.17, 15) is 0 Å². The van der Waals surface area contributed by atoms with Crippen molar-refractivity contribution in [2.45, 2.75) is 19.4 Å². The molecule has 1 aliphatic heterocycles. The summed E-state index contributed by atoms with van der Waals surface area (Å²) in [7, 11) is 0. The maximum absolute atomic E-state index is 5.99. The zero-order chi connectivity index (χ0) is 12.5. The van der Waals surface area contributed by atoms with Crippen molar-refractivity contribution in [1.29, 1.82) is 0 Å². The number of anilines is 1. The Labute approximate surface area is 111 Å². The van der Waals surface area contributed by atoms with Gasteiger partial charge in [-0.3, -0.25) is 0 Å². The van der Waals surface area contributed by atoms with Gasteiger partial charge >= 0.3 is 0 Å². The first-order chi connectivity index (χ1) is 8.74. The molecule has 1 aromatic heterocycles. The van der Waals surface area contributed by atoms with Crippen LogP contribution in [0.4, 0.5) is 5.95 Å². The number of rotatable bonds is 2. The molecule has 0 radical (unpaired) electrons. The van der Waals surface area contributed by atoms with Crippen LogP contribution in [0.25, 0.3) is 11.0 Å². The minimum Gasteiger partial charge on any atom is -0.381 e. The summed E-state index contributed by atoms with van der Waals surface area (Å²) in [4.78, 5) is 4.35. The van der Waals surface area contributed by atoms with Gasteiger partial charge in [-0.2, -0.15) is 0 Å². The quantitative estimate of drug-likeness (QED) is 0.908. The van der Waals surface area contributed by atoms with Crippen LogP contribution >= 0.6 is 11.6 Å². The molecule has 1 atom stereocenters. The van der Waals surface area contributed by atoms with E-state index in [-0.39, 0.29) is 0 Å². The first-order valence-electron chi connectivity index (χ1n) is 6.23. The topological polar surface area (TPSA) is 53.1 Å². The number of benzene rings is 1. The third-order valence-electron chi connectivity index (χ3n) is 3.44. The lowest BCUT2D eigenvalue weighted by atomic mass is 10.0. The number of nitrogen functional groups attached to an aromatic ring is 1. The first kappa shape index (κ1) is 11.8. The first-order valence-corrected chi connectivity index (χ1v) is 6.61. The monoisotopic (exact) mass is 265 g/mol. The summed E-state index contributed by atoms with van der Waals surface area (Å²) in [5.41, 5.74) is 7.89. The van der Waals surface area contributed by atoms with Gasteiger partial charge in [0.1, 0.15) is 0 Å². The Kier molecular flexibility index (Phi) is 3.14. The molecule has 5 heteroatoms. The van der Waals surface area contributed by atoms with Crippen molar-refractivity contribution >= 4 is 28.6 Å². The SMILES string of the molecule is Nc1nc2cc(Cl)ccc2n1CC1CCCOC1. The molecule has 0 amide bonds. The van der Waals surface area contributed by atoms with Crippen molar-refractivity contribution in [2.75, 3.05) is 18.9 Å². The van der Waals surface area contributed by atoms with Gasteiger partial charge in [-0.25, -0.2) is 4.98 Å². The molecular weight excluding hydrogens is 250 g/mol. The average molecular weight is 266 g/mol. The largest absolute Gasteiger partial charge is 0.381 e. The van der Waals surface area contributed by atoms with Crippen LogP contribution in [-0.2, 0) is 11.3 Å². The van der Waals surface area contributed by atoms with Crippen LogP contribution < -0.4 is 5.73 Å².